The highest BCUT2D eigenvalue weighted by molar-refractivity contribution is 7.10. The topological polar surface area (TPSA) is 71.1 Å². The molecule has 1 N–H and O–H groups in total. The molecule has 1 atom stereocenters. The summed E-state index contributed by atoms with van der Waals surface area (Å²) in [5, 5.41) is 5.03. The summed E-state index contributed by atoms with van der Waals surface area (Å²) in [6.45, 7) is 11.7. The van der Waals surface area contributed by atoms with Crippen LogP contribution in [0.4, 0.5) is 4.79 Å². The minimum atomic E-state index is -0.399. The predicted octanol–water partition coefficient (Wildman–Crippen LogP) is 4.83. The van der Waals surface area contributed by atoms with Crippen molar-refractivity contribution in [3.8, 4) is 5.75 Å². The van der Waals surface area contributed by atoms with E-state index in [9.17, 15) is 9.59 Å². The molecule has 0 radical (unpaired) electrons. The number of nitrogens with zero attached hydrogens (tertiary/aromatic N) is 2. The number of nitrogens with one attached hydrogen (secondary N) is 1. The van der Waals surface area contributed by atoms with Gasteiger partial charge in [-0.25, -0.2) is 4.79 Å². The molecule has 7 nitrogen and oxygen atoms in total. The zero-order chi connectivity index (χ0) is 25.6. The normalized spacial score (nSPS) is 15.6. The van der Waals surface area contributed by atoms with Crippen molar-refractivity contribution in [1.29, 1.82) is 0 Å². The lowest BCUT2D eigenvalue weighted by atomic mass is 10.00. The smallest absolute Gasteiger partial charge is 0.318 e. The van der Waals surface area contributed by atoms with Crippen LogP contribution in [0.25, 0.3) is 0 Å². The summed E-state index contributed by atoms with van der Waals surface area (Å²) in [5.74, 6) is 1.15. The van der Waals surface area contributed by atoms with Crippen LogP contribution < -0.4 is 10.1 Å². The van der Waals surface area contributed by atoms with Crippen LogP contribution in [-0.2, 0) is 16.0 Å². The summed E-state index contributed by atoms with van der Waals surface area (Å²) in [5.41, 5.74) is 2.00. The van der Waals surface area contributed by atoms with E-state index in [1.54, 1.807) is 18.4 Å². The quantitative estimate of drug-likeness (QED) is 0.534. The van der Waals surface area contributed by atoms with Gasteiger partial charge in [-0.05, 0) is 67.8 Å². The van der Waals surface area contributed by atoms with Crippen LogP contribution in [0.1, 0.15) is 62.6 Å². The molecule has 1 aromatic heterocycles. The minimum absolute atomic E-state index is 0.00959. The number of benzene rings is 1. The lowest BCUT2D eigenvalue weighted by Gasteiger charge is -2.37. The largest absolute Gasteiger partial charge is 0.491 e. The first-order chi connectivity index (χ1) is 16.6. The molecule has 35 heavy (non-hydrogen) atoms. The molecule has 8 heteroatoms. The van der Waals surface area contributed by atoms with E-state index in [1.165, 1.54) is 15.3 Å². The van der Waals surface area contributed by atoms with Gasteiger partial charge in [-0.1, -0.05) is 26.0 Å². The monoisotopic (exact) mass is 501 g/mol. The third-order valence-electron chi connectivity index (χ3n) is 6.03. The summed E-state index contributed by atoms with van der Waals surface area (Å²) in [6.07, 6.45) is 0.810. The van der Waals surface area contributed by atoms with Crippen molar-refractivity contribution in [3.63, 3.8) is 0 Å². The second-order valence-electron chi connectivity index (χ2n) is 10.3. The van der Waals surface area contributed by atoms with E-state index in [1.807, 2.05) is 37.8 Å². The van der Waals surface area contributed by atoms with Gasteiger partial charge in [0.2, 0.25) is 5.91 Å². The fraction of sp³-hybridized carbons (Fsp3) is 0.556. The maximum Gasteiger partial charge on any atom is 0.318 e. The van der Waals surface area contributed by atoms with Crippen LogP contribution in [0, 0.1) is 0 Å². The van der Waals surface area contributed by atoms with Gasteiger partial charge in [0.1, 0.15) is 18.9 Å². The van der Waals surface area contributed by atoms with Gasteiger partial charge in [-0.15, -0.1) is 11.3 Å². The van der Waals surface area contributed by atoms with Crippen molar-refractivity contribution in [3.05, 3.63) is 51.7 Å². The summed E-state index contributed by atoms with van der Waals surface area (Å²) in [7, 11) is 1.59. The summed E-state index contributed by atoms with van der Waals surface area (Å²) in [4.78, 5) is 31.1. The molecule has 0 fully saturated rings. The van der Waals surface area contributed by atoms with E-state index in [4.69, 9.17) is 9.47 Å². The molecule has 2 heterocycles. The number of amides is 3. The summed E-state index contributed by atoms with van der Waals surface area (Å²) >= 11 is 1.72. The van der Waals surface area contributed by atoms with Gasteiger partial charge in [-0.2, -0.15) is 0 Å². The molecule has 3 rings (SSSR count). The Morgan fingerprint density at radius 3 is 2.54 bits per heavy atom. The maximum atomic E-state index is 13.5. The molecule has 0 spiro atoms. The number of urea groups is 1. The maximum absolute atomic E-state index is 13.5. The molecule has 1 aromatic carbocycles. The number of rotatable bonds is 9. The van der Waals surface area contributed by atoms with Gasteiger partial charge in [0.15, 0.2) is 0 Å². The third kappa shape index (κ3) is 7.45. The standard InChI is InChI=1S/C27H39N3O4S/c1-19(2)20-7-9-21(10-8-20)34-18-23-22-12-16-35-24(22)11-13-30(23)25(31)17-29(14-15-33-6)26(32)28-27(3,4)5/h7-10,12,16,19,23H,11,13-15,17-18H2,1-6H3,(H,28,32). The Bertz CT molecular complexity index is 981. The highest BCUT2D eigenvalue weighted by Gasteiger charge is 2.34. The number of ether oxygens (including phenoxy) is 2. The summed E-state index contributed by atoms with van der Waals surface area (Å²) in [6, 6.07) is 9.77. The van der Waals surface area contributed by atoms with E-state index in [2.05, 4.69) is 42.7 Å². The van der Waals surface area contributed by atoms with Crippen LogP contribution in [0.5, 0.6) is 5.75 Å². The number of carbonyl (C=O) groups excluding carboxylic acids is 2. The first kappa shape index (κ1) is 27.0. The lowest BCUT2D eigenvalue weighted by molar-refractivity contribution is -0.135. The second kappa shape index (κ2) is 11.9. The highest BCUT2D eigenvalue weighted by Crippen LogP contribution is 2.34. The van der Waals surface area contributed by atoms with Crippen LogP contribution in [0.2, 0.25) is 0 Å². The molecule has 0 bridgehead atoms. The van der Waals surface area contributed by atoms with Crippen molar-refractivity contribution in [1.82, 2.24) is 15.1 Å². The fourth-order valence-corrected chi connectivity index (χ4v) is 5.03. The average molecular weight is 502 g/mol. The Morgan fingerprint density at radius 1 is 1.20 bits per heavy atom. The van der Waals surface area contributed by atoms with Crippen molar-refractivity contribution in [2.24, 2.45) is 0 Å². The van der Waals surface area contributed by atoms with E-state index in [0.29, 0.717) is 32.2 Å². The van der Waals surface area contributed by atoms with Gasteiger partial charge >= 0.3 is 6.03 Å². The molecule has 1 unspecified atom stereocenters. The Kier molecular flexibility index (Phi) is 9.19. The first-order valence-electron chi connectivity index (χ1n) is 12.2. The molecule has 0 saturated heterocycles. The number of carbonyl (C=O) groups is 2. The SMILES string of the molecule is COCCN(CC(=O)N1CCc2sccc2C1COc1ccc(C(C)C)cc1)C(=O)NC(C)(C)C. The molecular formula is C27H39N3O4S. The Hall–Kier alpha value is -2.58. The zero-order valence-electron chi connectivity index (χ0n) is 21.8. The lowest BCUT2D eigenvalue weighted by Crippen LogP contribution is -2.53. The predicted molar refractivity (Wildman–Crippen MR) is 140 cm³/mol. The molecule has 192 valence electrons. The fourth-order valence-electron chi connectivity index (χ4n) is 4.11. The van der Waals surface area contributed by atoms with Gasteiger partial charge in [0.05, 0.1) is 12.6 Å². The van der Waals surface area contributed by atoms with Crippen LogP contribution in [-0.4, -0.2) is 67.2 Å². The van der Waals surface area contributed by atoms with Crippen molar-refractivity contribution in [2.45, 2.75) is 58.5 Å². The molecule has 3 amide bonds. The number of hydrogen-bond acceptors (Lipinski definition) is 5. The number of hydrogen-bond donors (Lipinski definition) is 1. The summed E-state index contributed by atoms with van der Waals surface area (Å²) < 4.78 is 11.4. The number of thiophene rings is 1. The highest BCUT2D eigenvalue weighted by atomic mass is 32.1. The molecule has 1 aliphatic heterocycles. The van der Waals surface area contributed by atoms with E-state index >= 15 is 0 Å². The van der Waals surface area contributed by atoms with Crippen molar-refractivity contribution >= 4 is 23.3 Å². The van der Waals surface area contributed by atoms with Gasteiger partial charge in [0.25, 0.3) is 0 Å². The van der Waals surface area contributed by atoms with Crippen LogP contribution in [0.3, 0.4) is 0 Å². The average Bonchev–Trinajstić information content (AvgIpc) is 3.28. The third-order valence-corrected chi connectivity index (χ3v) is 7.03. The van der Waals surface area contributed by atoms with E-state index in [0.717, 1.165) is 17.7 Å². The van der Waals surface area contributed by atoms with Crippen LogP contribution >= 0.6 is 11.3 Å². The molecule has 0 aliphatic carbocycles. The van der Waals surface area contributed by atoms with Gasteiger partial charge in [0, 0.05) is 30.6 Å². The number of methoxy groups -OCH3 is 1. The van der Waals surface area contributed by atoms with E-state index in [-0.39, 0.29) is 24.5 Å². The first-order valence-corrected chi connectivity index (χ1v) is 13.1. The van der Waals surface area contributed by atoms with Crippen molar-refractivity contribution < 1.29 is 19.1 Å². The van der Waals surface area contributed by atoms with Crippen LogP contribution in [0.15, 0.2) is 35.7 Å². The molecule has 0 saturated carbocycles. The minimum Gasteiger partial charge on any atom is -0.491 e. The molecular weight excluding hydrogens is 462 g/mol. The van der Waals surface area contributed by atoms with E-state index < -0.39 is 5.54 Å². The second-order valence-corrected chi connectivity index (χ2v) is 11.3. The van der Waals surface area contributed by atoms with Gasteiger partial charge in [-0.3, -0.25) is 4.79 Å². The Balaban J connectivity index is 1.74. The number of fused-ring (bicyclic) bond motifs is 1. The van der Waals surface area contributed by atoms with Gasteiger partial charge < -0.3 is 24.6 Å². The molecule has 1 aliphatic rings. The Labute approximate surface area is 213 Å². The zero-order valence-corrected chi connectivity index (χ0v) is 22.6. The Morgan fingerprint density at radius 2 is 1.91 bits per heavy atom. The molecule has 2 aromatic rings. The van der Waals surface area contributed by atoms with Crippen molar-refractivity contribution in [2.75, 3.05) is 40.0 Å².